The SMILES string of the molecule is CC(C)C1=NNC2C(=O)N(CC(=O)Nc3ccc(C#N)cc3)C3CCCCC3N12. The van der Waals surface area contributed by atoms with Crippen LogP contribution in [0.15, 0.2) is 29.4 Å². The summed E-state index contributed by atoms with van der Waals surface area (Å²) in [7, 11) is 0. The lowest BCUT2D eigenvalue weighted by atomic mass is 9.85. The summed E-state index contributed by atoms with van der Waals surface area (Å²) in [4.78, 5) is 29.8. The molecule has 0 bridgehead atoms. The molecule has 1 saturated heterocycles. The zero-order valence-corrected chi connectivity index (χ0v) is 16.8. The van der Waals surface area contributed by atoms with Crippen LogP contribution in [-0.4, -0.2) is 52.2 Å². The molecule has 1 saturated carbocycles. The Labute approximate surface area is 170 Å². The Balaban J connectivity index is 1.50. The van der Waals surface area contributed by atoms with Crippen molar-refractivity contribution in [1.29, 1.82) is 5.26 Å². The molecule has 8 nitrogen and oxygen atoms in total. The topological polar surface area (TPSA) is 101 Å². The normalized spacial score (nSPS) is 25.7. The maximum atomic E-state index is 13.2. The maximum absolute atomic E-state index is 13.2. The van der Waals surface area contributed by atoms with Crippen LogP contribution < -0.4 is 10.7 Å². The van der Waals surface area contributed by atoms with Gasteiger partial charge in [0.15, 0.2) is 6.17 Å². The summed E-state index contributed by atoms with van der Waals surface area (Å²) in [5.74, 6) is 0.836. The quantitative estimate of drug-likeness (QED) is 0.812. The van der Waals surface area contributed by atoms with Crippen molar-refractivity contribution in [3.05, 3.63) is 29.8 Å². The minimum Gasteiger partial charge on any atom is -0.325 e. The van der Waals surface area contributed by atoms with Gasteiger partial charge in [0.25, 0.3) is 5.91 Å². The molecule has 2 aliphatic heterocycles. The van der Waals surface area contributed by atoms with Crippen molar-refractivity contribution < 1.29 is 9.59 Å². The summed E-state index contributed by atoms with van der Waals surface area (Å²) in [6.45, 7) is 4.19. The summed E-state index contributed by atoms with van der Waals surface area (Å²) in [6.07, 6.45) is 3.55. The lowest BCUT2D eigenvalue weighted by molar-refractivity contribution is -0.151. The number of nitriles is 1. The Morgan fingerprint density at radius 2 is 1.97 bits per heavy atom. The fraction of sp³-hybridized carbons (Fsp3) is 0.524. The van der Waals surface area contributed by atoms with Crippen molar-refractivity contribution >= 4 is 23.3 Å². The molecule has 0 radical (unpaired) electrons. The van der Waals surface area contributed by atoms with Crippen LogP contribution in [0.5, 0.6) is 0 Å². The molecule has 2 N–H and O–H groups in total. The zero-order chi connectivity index (χ0) is 20.5. The predicted octanol–water partition coefficient (Wildman–Crippen LogP) is 1.85. The van der Waals surface area contributed by atoms with Crippen LogP contribution in [0.25, 0.3) is 0 Å². The van der Waals surface area contributed by atoms with Gasteiger partial charge in [-0.3, -0.25) is 15.0 Å². The molecule has 1 aromatic carbocycles. The molecule has 3 atom stereocenters. The van der Waals surface area contributed by atoms with Crippen molar-refractivity contribution in [1.82, 2.24) is 15.2 Å². The maximum Gasteiger partial charge on any atom is 0.268 e. The third-order valence-corrected chi connectivity index (χ3v) is 5.94. The number of fused-ring (bicyclic) bond motifs is 3. The fourth-order valence-corrected chi connectivity index (χ4v) is 4.62. The third-order valence-electron chi connectivity index (χ3n) is 5.94. The lowest BCUT2D eigenvalue weighted by Crippen LogP contribution is -2.70. The van der Waals surface area contributed by atoms with Crippen LogP contribution in [0.3, 0.4) is 0 Å². The number of anilines is 1. The highest BCUT2D eigenvalue weighted by Crippen LogP contribution is 2.35. The number of benzene rings is 1. The Kier molecular flexibility index (Phi) is 5.14. The van der Waals surface area contributed by atoms with E-state index in [-0.39, 0.29) is 36.4 Å². The smallest absolute Gasteiger partial charge is 0.268 e. The summed E-state index contributed by atoms with van der Waals surface area (Å²) < 4.78 is 0. The first-order valence-electron chi connectivity index (χ1n) is 10.2. The van der Waals surface area contributed by atoms with Crippen LogP contribution in [0.1, 0.15) is 45.1 Å². The Hall–Kier alpha value is -3.08. The van der Waals surface area contributed by atoms with Gasteiger partial charge in [0.2, 0.25) is 5.91 Å². The van der Waals surface area contributed by atoms with E-state index < -0.39 is 6.17 Å². The predicted molar refractivity (Wildman–Crippen MR) is 109 cm³/mol. The first kappa shape index (κ1) is 19.2. The van der Waals surface area contributed by atoms with Gasteiger partial charge < -0.3 is 15.1 Å². The molecule has 1 aliphatic carbocycles. The molecule has 4 rings (SSSR count). The highest BCUT2D eigenvalue weighted by molar-refractivity contribution is 5.98. The van der Waals surface area contributed by atoms with Crippen molar-refractivity contribution in [3.8, 4) is 6.07 Å². The van der Waals surface area contributed by atoms with E-state index in [1.54, 1.807) is 29.2 Å². The van der Waals surface area contributed by atoms with Crippen LogP contribution in [0, 0.1) is 17.2 Å². The monoisotopic (exact) mass is 394 g/mol. The van der Waals surface area contributed by atoms with Gasteiger partial charge in [-0.2, -0.15) is 10.4 Å². The van der Waals surface area contributed by atoms with Gasteiger partial charge in [0.05, 0.1) is 23.7 Å². The molecule has 8 heteroatoms. The van der Waals surface area contributed by atoms with E-state index in [0.29, 0.717) is 11.3 Å². The summed E-state index contributed by atoms with van der Waals surface area (Å²) in [6, 6.07) is 8.96. The molecule has 2 heterocycles. The van der Waals surface area contributed by atoms with Crippen molar-refractivity contribution in [2.24, 2.45) is 11.0 Å². The number of hydrogen-bond donors (Lipinski definition) is 2. The average molecular weight is 394 g/mol. The molecule has 29 heavy (non-hydrogen) atoms. The molecular weight excluding hydrogens is 368 g/mol. The molecule has 1 aromatic rings. The van der Waals surface area contributed by atoms with Gasteiger partial charge in [-0.25, -0.2) is 0 Å². The van der Waals surface area contributed by atoms with Crippen LogP contribution in [0.2, 0.25) is 0 Å². The van der Waals surface area contributed by atoms with E-state index in [2.05, 4.69) is 40.7 Å². The third kappa shape index (κ3) is 3.53. The van der Waals surface area contributed by atoms with Crippen LogP contribution in [0.4, 0.5) is 5.69 Å². The van der Waals surface area contributed by atoms with Crippen molar-refractivity contribution in [3.63, 3.8) is 0 Å². The second-order valence-electron chi connectivity index (χ2n) is 8.19. The number of nitrogens with zero attached hydrogens (tertiary/aromatic N) is 4. The lowest BCUT2D eigenvalue weighted by Gasteiger charge is -2.51. The van der Waals surface area contributed by atoms with Gasteiger partial charge in [-0.1, -0.05) is 26.7 Å². The first-order chi connectivity index (χ1) is 14.0. The largest absolute Gasteiger partial charge is 0.325 e. The minimum absolute atomic E-state index is 0.0167. The van der Waals surface area contributed by atoms with E-state index in [9.17, 15) is 9.59 Å². The Morgan fingerprint density at radius 1 is 1.28 bits per heavy atom. The van der Waals surface area contributed by atoms with Crippen LogP contribution >= 0.6 is 0 Å². The number of rotatable bonds is 4. The molecule has 0 spiro atoms. The molecular formula is C21H26N6O2. The second kappa shape index (κ2) is 7.74. The van der Waals surface area contributed by atoms with E-state index in [1.165, 1.54) is 0 Å². The van der Waals surface area contributed by atoms with Crippen LogP contribution in [-0.2, 0) is 9.59 Å². The summed E-state index contributed by atoms with van der Waals surface area (Å²) in [5.41, 5.74) is 4.15. The first-order valence-corrected chi connectivity index (χ1v) is 10.2. The molecule has 2 amide bonds. The number of amidine groups is 1. The minimum atomic E-state index is -0.519. The summed E-state index contributed by atoms with van der Waals surface area (Å²) in [5, 5.41) is 16.2. The number of carbonyl (C=O) groups excluding carboxylic acids is 2. The number of carbonyl (C=O) groups is 2. The number of piperazine rings is 1. The van der Waals surface area contributed by atoms with Crippen molar-refractivity contribution in [2.45, 2.75) is 57.8 Å². The zero-order valence-electron chi connectivity index (χ0n) is 16.8. The Morgan fingerprint density at radius 3 is 2.62 bits per heavy atom. The number of hydrazone groups is 1. The fourth-order valence-electron chi connectivity index (χ4n) is 4.62. The molecule has 0 aromatic heterocycles. The van der Waals surface area contributed by atoms with E-state index in [4.69, 9.17) is 5.26 Å². The Bertz CT molecular complexity index is 872. The second-order valence-corrected chi connectivity index (χ2v) is 8.19. The molecule has 2 fully saturated rings. The van der Waals surface area contributed by atoms with Crippen molar-refractivity contribution in [2.75, 3.05) is 11.9 Å². The van der Waals surface area contributed by atoms with Gasteiger partial charge in [-0.05, 0) is 37.1 Å². The van der Waals surface area contributed by atoms with Gasteiger partial charge >= 0.3 is 0 Å². The molecule has 3 aliphatic rings. The van der Waals surface area contributed by atoms with E-state index in [0.717, 1.165) is 31.5 Å². The summed E-state index contributed by atoms with van der Waals surface area (Å²) >= 11 is 0. The standard InChI is InChI=1S/C21H26N6O2/c1-13(2)19-24-25-20-21(29)26(16-5-3-4-6-17(16)27(19)20)12-18(28)23-15-9-7-14(11-22)8-10-15/h7-10,13,16-17,20,25H,3-6,12H2,1-2H3,(H,23,28). The van der Waals surface area contributed by atoms with Gasteiger partial charge in [0.1, 0.15) is 12.4 Å². The average Bonchev–Trinajstić information content (AvgIpc) is 3.17. The molecule has 152 valence electrons. The van der Waals surface area contributed by atoms with E-state index in [1.807, 2.05) is 0 Å². The highest BCUT2D eigenvalue weighted by Gasteiger charge is 2.51. The van der Waals surface area contributed by atoms with Gasteiger partial charge in [-0.15, -0.1) is 0 Å². The highest BCUT2D eigenvalue weighted by atomic mass is 16.2. The number of hydrogen-bond acceptors (Lipinski definition) is 6. The number of amides is 2. The van der Waals surface area contributed by atoms with E-state index >= 15 is 0 Å². The number of nitrogens with one attached hydrogen (secondary N) is 2. The van der Waals surface area contributed by atoms with Gasteiger partial charge in [0, 0.05) is 11.6 Å². The molecule has 3 unspecified atom stereocenters.